The van der Waals surface area contributed by atoms with Crippen LogP contribution >= 0.6 is 0 Å². The lowest BCUT2D eigenvalue weighted by Gasteiger charge is -2.34. The van der Waals surface area contributed by atoms with Crippen LogP contribution in [0.4, 0.5) is 4.39 Å². The van der Waals surface area contributed by atoms with Crippen molar-refractivity contribution in [2.24, 2.45) is 5.92 Å². The third-order valence-electron chi connectivity index (χ3n) is 6.38. The Hall–Kier alpha value is -2.58. The average Bonchev–Trinajstić information content (AvgIpc) is 3.47. The molecule has 5 rings (SSSR count). The molecule has 0 N–H and O–H groups in total. The minimum Gasteiger partial charge on any atom is -0.269 e. The standard InChI is InChI=1S/C24H26FN3O3S/c1-15-3-7-21(8-4-15)32(29,30)31-14-17-10-20(11-17)28-13-22(24(27-28)18-5-6-18)23-16(2)9-19(25)12-26-23/h3-4,7-9,12-13,17-18,20H,5-6,10-11,14H2,1-2H3. The van der Waals surface area contributed by atoms with Crippen molar-refractivity contribution >= 4 is 10.1 Å². The van der Waals surface area contributed by atoms with Crippen LogP contribution in [-0.4, -0.2) is 29.8 Å². The molecule has 32 heavy (non-hydrogen) atoms. The van der Waals surface area contributed by atoms with E-state index in [-0.39, 0.29) is 29.3 Å². The molecule has 2 heterocycles. The first-order chi connectivity index (χ1) is 15.3. The monoisotopic (exact) mass is 455 g/mol. The van der Waals surface area contributed by atoms with E-state index in [9.17, 15) is 12.8 Å². The van der Waals surface area contributed by atoms with Crippen molar-refractivity contribution in [2.45, 2.75) is 56.4 Å². The fourth-order valence-electron chi connectivity index (χ4n) is 4.27. The summed E-state index contributed by atoms with van der Waals surface area (Å²) in [6, 6.07) is 8.38. The highest BCUT2D eigenvalue weighted by Crippen LogP contribution is 2.46. The molecule has 0 spiro atoms. The quantitative estimate of drug-likeness (QED) is 0.472. The Morgan fingerprint density at radius 1 is 1.16 bits per heavy atom. The number of hydrogen-bond acceptors (Lipinski definition) is 5. The van der Waals surface area contributed by atoms with Gasteiger partial charge < -0.3 is 0 Å². The van der Waals surface area contributed by atoms with Gasteiger partial charge in [-0.1, -0.05) is 17.7 Å². The third kappa shape index (κ3) is 4.21. The zero-order valence-corrected chi connectivity index (χ0v) is 19.0. The highest BCUT2D eigenvalue weighted by atomic mass is 32.2. The molecule has 168 valence electrons. The highest BCUT2D eigenvalue weighted by Gasteiger charge is 2.36. The average molecular weight is 456 g/mol. The van der Waals surface area contributed by atoms with Crippen LogP contribution in [0.1, 0.15) is 54.5 Å². The Bertz CT molecular complexity index is 1240. The van der Waals surface area contributed by atoms with Crippen LogP contribution in [0.25, 0.3) is 11.3 Å². The molecule has 2 fully saturated rings. The fourth-order valence-corrected chi connectivity index (χ4v) is 5.24. The van der Waals surface area contributed by atoms with Crippen molar-refractivity contribution in [2.75, 3.05) is 6.61 Å². The number of pyridine rings is 1. The summed E-state index contributed by atoms with van der Waals surface area (Å²) in [6.07, 6.45) is 7.12. The minimum atomic E-state index is -3.74. The van der Waals surface area contributed by atoms with Crippen molar-refractivity contribution in [1.29, 1.82) is 0 Å². The molecule has 0 unspecified atom stereocenters. The molecule has 2 aliphatic carbocycles. The van der Waals surface area contributed by atoms with Gasteiger partial charge in [0, 0.05) is 17.7 Å². The Balaban J connectivity index is 1.25. The first-order valence-corrected chi connectivity index (χ1v) is 12.4. The summed E-state index contributed by atoms with van der Waals surface area (Å²) in [5, 5.41) is 4.86. The molecule has 0 amide bonds. The van der Waals surface area contributed by atoms with Gasteiger partial charge in [-0.05, 0) is 69.2 Å². The smallest absolute Gasteiger partial charge is 0.269 e. The summed E-state index contributed by atoms with van der Waals surface area (Å²) in [6.45, 7) is 3.95. The predicted molar refractivity (Wildman–Crippen MR) is 118 cm³/mol. The second-order valence-corrected chi connectivity index (χ2v) is 10.7. The van der Waals surface area contributed by atoms with Crippen LogP contribution in [0.2, 0.25) is 0 Å². The second-order valence-electron chi connectivity index (χ2n) is 9.04. The number of benzene rings is 1. The maximum atomic E-state index is 13.5. The molecule has 2 aliphatic rings. The Labute approximate surface area is 187 Å². The lowest BCUT2D eigenvalue weighted by Crippen LogP contribution is -2.31. The van der Waals surface area contributed by atoms with Crippen molar-refractivity contribution < 1.29 is 17.0 Å². The van der Waals surface area contributed by atoms with Crippen LogP contribution < -0.4 is 0 Å². The summed E-state index contributed by atoms with van der Waals surface area (Å²) in [7, 11) is -3.74. The summed E-state index contributed by atoms with van der Waals surface area (Å²) in [4.78, 5) is 4.51. The number of nitrogens with zero attached hydrogens (tertiary/aromatic N) is 3. The van der Waals surface area contributed by atoms with E-state index >= 15 is 0 Å². The van der Waals surface area contributed by atoms with E-state index in [1.165, 1.54) is 12.3 Å². The minimum absolute atomic E-state index is 0.169. The SMILES string of the molecule is Cc1ccc(S(=O)(=O)OCC2CC(n3cc(-c4ncc(F)cc4C)c(C4CC4)n3)C2)cc1. The van der Waals surface area contributed by atoms with Gasteiger partial charge >= 0.3 is 0 Å². The molecule has 8 heteroatoms. The molecule has 1 aromatic carbocycles. The lowest BCUT2D eigenvalue weighted by atomic mass is 9.81. The van der Waals surface area contributed by atoms with Crippen LogP contribution in [-0.2, 0) is 14.3 Å². The summed E-state index contributed by atoms with van der Waals surface area (Å²) in [5.41, 5.74) is 4.59. The van der Waals surface area contributed by atoms with Gasteiger partial charge in [0.15, 0.2) is 0 Å². The molecule has 2 aromatic heterocycles. The molecular weight excluding hydrogens is 429 g/mol. The molecule has 0 bridgehead atoms. The van der Waals surface area contributed by atoms with Gasteiger partial charge in [-0.15, -0.1) is 0 Å². The summed E-state index contributed by atoms with van der Waals surface area (Å²) >= 11 is 0. The van der Waals surface area contributed by atoms with Gasteiger partial charge in [0.25, 0.3) is 10.1 Å². The first kappa shape index (κ1) is 21.3. The lowest BCUT2D eigenvalue weighted by molar-refractivity contribution is 0.120. The normalized spacial score (nSPS) is 20.8. The van der Waals surface area contributed by atoms with Crippen LogP contribution in [0.5, 0.6) is 0 Å². The van der Waals surface area contributed by atoms with Crippen LogP contribution in [0.3, 0.4) is 0 Å². The number of rotatable bonds is 7. The summed E-state index contributed by atoms with van der Waals surface area (Å²) in [5.74, 6) is 0.272. The zero-order valence-electron chi connectivity index (χ0n) is 18.2. The third-order valence-corrected chi connectivity index (χ3v) is 7.67. The van der Waals surface area contributed by atoms with Crippen LogP contribution in [0.15, 0.2) is 47.6 Å². The highest BCUT2D eigenvalue weighted by molar-refractivity contribution is 7.86. The molecule has 0 aliphatic heterocycles. The topological polar surface area (TPSA) is 74.1 Å². The summed E-state index contributed by atoms with van der Waals surface area (Å²) < 4.78 is 45.6. The molecular formula is C24H26FN3O3S. The largest absolute Gasteiger partial charge is 0.296 e. The van der Waals surface area contributed by atoms with E-state index in [0.717, 1.165) is 53.8 Å². The number of aromatic nitrogens is 3. The predicted octanol–water partition coefficient (Wildman–Crippen LogP) is 4.94. The van der Waals surface area contributed by atoms with E-state index in [2.05, 4.69) is 4.98 Å². The Morgan fingerprint density at radius 2 is 1.88 bits per heavy atom. The van der Waals surface area contributed by atoms with Crippen molar-refractivity contribution in [1.82, 2.24) is 14.8 Å². The molecule has 0 saturated heterocycles. The van der Waals surface area contributed by atoms with E-state index < -0.39 is 10.1 Å². The number of halogens is 1. The number of hydrogen-bond donors (Lipinski definition) is 0. The van der Waals surface area contributed by atoms with Crippen molar-refractivity contribution in [3.05, 3.63) is 65.4 Å². The Morgan fingerprint density at radius 3 is 2.53 bits per heavy atom. The fraction of sp³-hybridized carbons (Fsp3) is 0.417. The maximum absolute atomic E-state index is 13.5. The van der Waals surface area contributed by atoms with Gasteiger partial charge in [0.2, 0.25) is 0 Å². The molecule has 2 saturated carbocycles. The second kappa shape index (κ2) is 8.08. The van der Waals surface area contributed by atoms with E-state index in [1.807, 2.05) is 24.7 Å². The molecule has 0 atom stereocenters. The van der Waals surface area contributed by atoms with Crippen LogP contribution in [0, 0.1) is 25.6 Å². The Kier molecular flexibility index (Phi) is 5.37. The van der Waals surface area contributed by atoms with Gasteiger partial charge in [0.1, 0.15) is 5.82 Å². The first-order valence-electron chi connectivity index (χ1n) is 11.0. The maximum Gasteiger partial charge on any atom is 0.296 e. The zero-order chi connectivity index (χ0) is 22.5. The van der Waals surface area contributed by atoms with E-state index in [1.54, 1.807) is 24.3 Å². The molecule has 6 nitrogen and oxygen atoms in total. The van der Waals surface area contributed by atoms with E-state index in [0.29, 0.717) is 5.92 Å². The number of aryl methyl sites for hydroxylation is 2. The van der Waals surface area contributed by atoms with Crippen molar-refractivity contribution in [3.63, 3.8) is 0 Å². The van der Waals surface area contributed by atoms with E-state index in [4.69, 9.17) is 9.28 Å². The van der Waals surface area contributed by atoms with Gasteiger partial charge in [-0.2, -0.15) is 13.5 Å². The van der Waals surface area contributed by atoms with Gasteiger partial charge in [0.05, 0.1) is 35.1 Å². The van der Waals surface area contributed by atoms with Gasteiger partial charge in [-0.3, -0.25) is 13.8 Å². The van der Waals surface area contributed by atoms with Crippen molar-refractivity contribution in [3.8, 4) is 11.3 Å². The molecule has 0 radical (unpaired) electrons. The van der Waals surface area contributed by atoms with Gasteiger partial charge in [-0.25, -0.2) is 4.39 Å². The molecule has 3 aromatic rings.